The first-order chi connectivity index (χ1) is 7.43. The van der Waals surface area contributed by atoms with E-state index in [1.807, 2.05) is 11.5 Å². The molecule has 1 rings (SSSR count). The second kappa shape index (κ2) is 4.99. The third-order valence-corrected chi connectivity index (χ3v) is 4.19. The molecule has 0 atom stereocenters. The van der Waals surface area contributed by atoms with Crippen LogP contribution in [0, 0.1) is 0 Å². The van der Waals surface area contributed by atoms with Crippen molar-refractivity contribution < 1.29 is 8.42 Å². The highest BCUT2D eigenvalue weighted by atomic mass is 32.2. The summed E-state index contributed by atoms with van der Waals surface area (Å²) in [6.45, 7) is 3.18. The average molecular weight is 245 g/mol. The molecule has 0 aliphatic rings. The highest BCUT2D eigenvalue weighted by Crippen LogP contribution is 2.17. The Morgan fingerprint density at radius 1 is 1.44 bits per heavy atom. The third-order valence-electron chi connectivity index (χ3n) is 2.41. The van der Waals surface area contributed by atoms with E-state index in [1.165, 1.54) is 18.4 Å². The minimum Gasteiger partial charge on any atom is -0.349 e. The molecular weight excluding hydrogens is 226 g/mol. The Kier molecular flexibility index (Phi) is 4.12. The summed E-state index contributed by atoms with van der Waals surface area (Å²) in [5, 5.41) is 0. The van der Waals surface area contributed by atoms with Gasteiger partial charge in [-0.2, -0.15) is 0 Å². The van der Waals surface area contributed by atoms with Crippen molar-refractivity contribution in [1.29, 1.82) is 0 Å². The van der Waals surface area contributed by atoms with Gasteiger partial charge in [0.25, 0.3) is 0 Å². The van der Waals surface area contributed by atoms with Gasteiger partial charge in [0, 0.05) is 39.1 Å². The maximum absolute atomic E-state index is 11.9. The van der Waals surface area contributed by atoms with Gasteiger partial charge in [-0.3, -0.25) is 0 Å². The molecule has 0 aliphatic heterocycles. The molecule has 5 nitrogen and oxygen atoms in total. The summed E-state index contributed by atoms with van der Waals surface area (Å²) < 4.78 is 26.9. The highest BCUT2D eigenvalue weighted by molar-refractivity contribution is 7.89. The standard InChI is InChI=1S/C10H19N3O2S/c1-4-5-13-8-10(6-9(13)7-11)16(14,15)12(2)3/h6,8H,4-5,7,11H2,1-3H3. The first-order valence-corrected chi connectivity index (χ1v) is 6.69. The Labute approximate surface area is 96.9 Å². The summed E-state index contributed by atoms with van der Waals surface area (Å²) in [5.74, 6) is 0. The maximum Gasteiger partial charge on any atom is 0.244 e. The van der Waals surface area contributed by atoms with Crippen LogP contribution in [0.2, 0.25) is 0 Å². The Morgan fingerprint density at radius 2 is 2.06 bits per heavy atom. The minimum absolute atomic E-state index is 0.311. The Balaban J connectivity index is 3.18. The molecule has 1 aromatic heterocycles. The van der Waals surface area contributed by atoms with Crippen LogP contribution in [-0.2, 0) is 23.1 Å². The molecule has 92 valence electrons. The molecule has 0 unspecified atom stereocenters. The quantitative estimate of drug-likeness (QED) is 0.826. The maximum atomic E-state index is 11.9. The molecule has 0 aliphatic carbocycles. The van der Waals surface area contributed by atoms with Crippen LogP contribution in [0.5, 0.6) is 0 Å². The summed E-state index contributed by atoms with van der Waals surface area (Å²) in [5.41, 5.74) is 6.43. The van der Waals surface area contributed by atoms with Crippen LogP contribution in [0.25, 0.3) is 0 Å². The molecule has 0 fully saturated rings. The number of aromatic nitrogens is 1. The zero-order chi connectivity index (χ0) is 12.3. The van der Waals surface area contributed by atoms with E-state index in [1.54, 1.807) is 12.3 Å². The lowest BCUT2D eigenvalue weighted by molar-refractivity contribution is 0.520. The third kappa shape index (κ3) is 2.45. The molecule has 0 aromatic carbocycles. The van der Waals surface area contributed by atoms with Gasteiger partial charge in [-0.15, -0.1) is 0 Å². The van der Waals surface area contributed by atoms with Crippen LogP contribution in [0.15, 0.2) is 17.2 Å². The lowest BCUT2D eigenvalue weighted by atomic mass is 10.4. The fourth-order valence-corrected chi connectivity index (χ4v) is 2.47. The largest absolute Gasteiger partial charge is 0.349 e. The molecule has 1 aromatic rings. The van der Waals surface area contributed by atoms with Gasteiger partial charge in [0.15, 0.2) is 0 Å². The molecule has 0 saturated carbocycles. The van der Waals surface area contributed by atoms with Crippen molar-refractivity contribution in [1.82, 2.24) is 8.87 Å². The van der Waals surface area contributed by atoms with Gasteiger partial charge in [0.2, 0.25) is 10.0 Å². The van der Waals surface area contributed by atoms with Crippen molar-refractivity contribution in [3.63, 3.8) is 0 Å². The van der Waals surface area contributed by atoms with Gasteiger partial charge in [-0.05, 0) is 12.5 Å². The van der Waals surface area contributed by atoms with Crippen molar-refractivity contribution >= 4 is 10.0 Å². The summed E-state index contributed by atoms with van der Waals surface area (Å²) in [4.78, 5) is 0.311. The molecule has 2 N–H and O–H groups in total. The van der Waals surface area contributed by atoms with E-state index < -0.39 is 10.0 Å². The smallest absolute Gasteiger partial charge is 0.244 e. The first-order valence-electron chi connectivity index (χ1n) is 5.25. The van der Waals surface area contributed by atoms with Gasteiger partial charge < -0.3 is 10.3 Å². The van der Waals surface area contributed by atoms with Gasteiger partial charge in [0.1, 0.15) is 4.90 Å². The average Bonchev–Trinajstić information content (AvgIpc) is 2.62. The van der Waals surface area contributed by atoms with Crippen molar-refractivity contribution in [2.45, 2.75) is 31.3 Å². The van der Waals surface area contributed by atoms with E-state index in [4.69, 9.17) is 5.73 Å². The molecule has 6 heteroatoms. The molecule has 0 saturated heterocycles. The van der Waals surface area contributed by atoms with Crippen molar-refractivity contribution in [3.05, 3.63) is 18.0 Å². The molecule has 16 heavy (non-hydrogen) atoms. The minimum atomic E-state index is -3.35. The lowest BCUT2D eigenvalue weighted by Crippen LogP contribution is -2.21. The molecule has 0 bridgehead atoms. The Hall–Kier alpha value is -0.850. The fourth-order valence-electron chi connectivity index (χ4n) is 1.50. The van der Waals surface area contributed by atoms with Crippen LogP contribution in [0.1, 0.15) is 19.0 Å². The Bertz CT molecular complexity index is 449. The van der Waals surface area contributed by atoms with Crippen molar-refractivity contribution in [3.8, 4) is 0 Å². The molecule has 0 spiro atoms. The number of hydrogen-bond donors (Lipinski definition) is 1. The summed E-state index contributed by atoms with van der Waals surface area (Å²) in [7, 11) is -0.305. The van der Waals surface area contributed by atoms with E-state index in [0.717, 1.165) is 18.7 Å². The predicted molar refractivity (Wildman–Crippen MR) is 63.5 cm³/mol. The van der Waals surface area contributed by atoms with Crippen LogP contribution < -0.4 is 5.73 Å². The van der Waals surface area contributed by atoms with Gasteiger partial charge in [0.05, 0.1) is 0 Å². The zero-order valence-electron chi connectivity index (χ0n) is 9.97. The summed E-state index contributed by atoms with van der Waals surface area (Å²) in [6.07, 6.45) is 2.60. The van der Waals surface area contributed by atoms with Crippen LogP contribution in [-0.4, -0.2) is 31.4 Å². The SMILES string of the molecule is CCCn1cc(S(=O)(=O)N(C)C)cc1CN. The topological polar surface area (TPSA) is 68.3 Å². The highest BCUT2D eigenvalue weighted by Gasteiger charge is 2.20. The number of rotatable bonds is 5. The number of hydrogen-bond acceptors (Lipinski definition) is 3. The van der Waals surface area contributed by atoms with Crippen molar-refractivity contribution in [2.75, 3.05) is 14.1 Å². The van der Waals surface area contributed by atoms with Crippen LogP contribution in [0.3, 0.4) is 0 Å². The van der Waals surface area contributed by atoms with E-state index in [2.05, 4.69) is 0 Å². The predicted octanol–water partition coefficient (Wildman–Crippen LogP) is 0.607. The van der Waals surface area contributed by atoms with Gasteiger partial charge >= 0.3 is 0 Å². The molecule has 0 radical (unpaired) electrons. The van der Waals surface area contributed by atoms with E-state index in [9.17, 15) is 8.42 Å². The van der Waals surface area contributed by atoms with Crippen LogP contribution in [0.4, 0.5) is 0 Å². The second-order valence-electron chi connectivity index (χ2n) is 3.85. The molecular formula is C10H19N3O2S. The van der Waals surface area contributed by atoms with Gasteiger partial charge in [-0.1, -0.05) is 6.92 Å². The number of nitrogens with zero attached hydrogens (tertiary/aromatic N) is 2. The normalized spacial score (nSPS) is 12.3. The van der Waals surface area contributed by atoms with E-state index in [0.29, 0.717) is 11.4 Å². The fraction of sp³-hybridized carbons (Fsp3) is 0.600. The Morgan fingerprint density at radius 3 is 2.50 bits per heavy atom. The molecule has 1 heterocycles. The number of sulfonamides is 1. The van der Waals surface area contributed by atoms with E-state index in [-0.39, 0.29) is 0 Å². The van der Waals surface area contributed by atoms with E-state index >= 15 is 0 Å². The monoisotopic (exact) mass is 245 g/mol. The number of nitrogens with two attached hydrogens (primary N) is 1. The summed E-state index contributed by atoms with van der Waals surface area (Å²) in [6, 6.07) is 1.64. The second-order valence-corrected chi connectivity index (χ2v) is 6.00. The molecule has 0 amide bonds. The zero-order valence-corrected chi connectivity index (χ0v) is 10.8. The first kappa shape index (κ1) is 13.2. The summed E-state index contributed by atoms with van der Waals surface area (Å²) >= 11 is 0. The van der Waals surface area contributed by atoms with Gasteiger partial charge in [-0.25, -0.2) is 12.7 Å². The lowest BCUT2D eigenvalue weighted by Gasteiger charge is -2.08. The number of aryl methyl sites for hydroxylation is 1. The van der Waals surface area contributed by atoms with Crippen LogP contribution >= 0.6 is 0 Å². The van der Waals surface area contributed by atoms with Crippen molar-refractivity contribution in [2.24, 2.45) is 5.73 Å².